The lowest BCUT2D eigenvalue weighted by Crippen LogP contribution is -2.18. The van der Waals surface area contributed by atoms with Gasteiger partial charge < -0.3 is 5.11 Å². The Balaban J connectivity index is 1.88. The van der Waals surface area contributed by atoms with Gasteiger partial charge in [0.2, 0.25) is 0 Å². The average Bonchev–Trinajstić information content (AvgIpc) is 2.68. The molecule has 0 unspecified atom stereocenters. The predicted octanol–water partition coefficient (Wildman–Crippen LogP) is 6.98. The van der Waals surface area contributed by atoms with E-state index in [1.807, 2.05) is 30.3 Å². The van der Waals surface area contributed by atoms with Crippen molar-refractivity contribution in [3.05, 3.63) is 100 Å². The number of hydrogen-bond acceptors (Lipinski definition) is 1. The van der Waals surface area contributed by atoms with E-state index in [0.29, 0.717) is 5.75 Å². The molecule has 0 aromatic heterocycles. The van der Waals surface area contributed by atoms with E-state index in [0.717, 1.165) is 28.7 Å². The van der Waals surface area contributed by atoms with E-state index >= 15 is 0 Å². The molecule has 0 saturated heterocycles. The molecule has 1 heteroatoms. The van der Waals surface area contributed by atoms with E-state index in [1.165, 1.54) is 11.1 Å². The number of aromatic hydroxyl groups is 1. The smallest absolute Gasteiger partial charge is 0.123 e. The number of hydrogen-bond donors (Lipinski definition) is 1. The molecule has 154 valence electrons. The lowest BCUT2D eigenvalue weighted by atomic mass is 9.78. The van der Waals surface area contributed by atoms with Crippen molar-refractivity contribution < 1.29 is 5.11 Å². The Morgan fingerprint density at radius 2 is 1.10 bits per heavy atom. The molecular weight excluding hydrogens is 364 g/mol. The van der Waals surface area contributed by atoms with Crippen molar-refractivity contribution in [2.75, 3.05) is 0 Å². The minimum atomic E-state index is -0.114. The van der Waals surface area contributed by atoms with Gasteiger partial charge in [0.25, 0.3) is 0 Å². The fourth-order valence-electron chi connectivity index (χ4n) is 3.55. The lowest BCUT2D eigenvalue weighted by Gasteiger charge is -2.28. The van der Waals surface area contributed by atoms with Gasteiger partial charge in [-0.1, -0.05) is 95.8 Å². The van der Waals surface area contributed by atoms with Gasteiger partial charge in [-0.3, -0.25) is 0 Å². The van der Waals surface area contributed by atoms with Gasteiger partial charge in [-0.15, -0.1) is 0 Å². The van der Waals surface area contributed by atoms with Crippen LogP contribution in [0.25, 0.3) is 0 Å². The summed E-state index contributed by atoms with van der Waals surface area (Å²) in [5.41, 5.74) is 6.30. The zero-order chi connectivity index (χ0) is 21.9. The third-order valence-corrected chi connectivity index (χ3v) is 5.27. The van der Waals surface area contributed by atoms with Crippen molar-refractivity contribution in [3.8, 4) is 17.6 Å². The molecule has 1 nitrogen and oxygen atoms in total. The Morgan fingerprint density at radius 3 is 1.57 bits per heavy atom. The molecule has 0 amide bonds. The summed E-state index contributed by atoms with van der Waals surface area (Å²) in [6.45, 7) is 12.9. The molecule has 0 atom stereocenters. The average molecular weight is 397 g/mol. The van der Waals surface area contributed by atoms with Crippen LogP contribution in [-0.4, -0.2) is 5.11 Å². The SMILES string of the molecule is CC(C)(C)c1cc(Cc2ccc(C#Cc3ccccc3)cc2)cc(C(C)(C)C)c1O. The van der Waals surface area contributed by atoms with Gasteiger partial charge in [0.15, 0.2) is 0 Å². The molecule has 0 aliphatic heterocycles. The van der Waals surface area contributed by atoms with E-state index in [-0.39, 0.29) is 10.8 Å². The van der Waals surface area contributed by atoms with Gasteiger partial charge in [0.1, 0.15) is 5.75 Å². The van der Waals surface area contributed by atoms with Crippen molar-refractivity contribution in [1.29, 1.82) is 0 Å². The topological polar surface area (TPSA) is 20.2 Å². The van der Waals surface area contributed by atoms with Crippen molar-refractivity contribution in [3.63, 3.8) is 0 Å². The molecular formula is C29H32O. The number of rotatable bonds is 2. The van der Waals surface area contributed by atoms with E-state index in [9.17, 15) is 5.11 Å². The van der Waals surface area contributed by atoms with Gasteiger partial charge in [-0.05, 0) is 63.8 Å². The molecule has 0 aliphatic rings. The first-order valence-corrected chi connectivity index (χ1v) is 10.6. The first kappa shape index (κ1) is 21.7. The summed E-state index contributed by atoms with van der Waals surface area (Å²) in [7, 11) is 0. The summed E-state index contributed by atoms with van der Waals surface area (Å²) in [5, 5.41) is 10.9. The molecule has 0 saturated carbocycles. The highest BCUT2D eigenvalue weighted by molar-refractivity contribution is 5.51. The molecule has 1 N–H and O–H groups in total. The van der Waals surface area contributed by atoms with Crippen LogP contribution in [0.4, 0.5) is 0 Å². The van der Waals surface area contributed by atoms with Crippen LogP contribution in [0, 0.1) is 11.8 Å². The van der Waals surface area contributed by atoms with Crippen molar-refractivity contribution in [1.82, 2.24) is 0 Å². The molecule has 3 aromatic carbocycles. The molecule has 3 rings (SSSR count). The van der Waals surface area contributed by atoms with Crippen LogP contribution >= 0.6 is 0 Å². The van der Waals surface area contributed by atoms with Gasteiger partial charge in [0, 0.05) is 11.1 Å². The highest BCUT2D eigenvalue weighted by Gasteiger charge is 2.26. The highest BCUT2D eigenvalue weighted by atomic mass is 16.3. The van der Waals surface area contributed by atoms with Gasteiger partial charge in [0.05, 0.1) is 0 Å². The summed E-state index contributed by atoms with van der Waals surface area (Å²) in [6.07, 6.45) is 0.832. The van der Waals surface area contributed by atoms with Gasteiger partial charge in [-0.2, -0.15) is 0 Å². The Kier molecular flexibility index (Phi) is 6.09. The second-order valence-corrected chi connectivity index (χ2v) is 10.0. The second kappa shape index (κ2) is 8.41. The third-order valence-electron chi connectivity index (χ3n) is 5.27. The Bertz CT molecular complexity index is 1030. The molecule has 0 fully saturated rings. The van der Waals surface area contributed by atoms with Crippen LogP contribution in [0.15, 0.2) is 66.7 Å². The van der Waals surface area contributed by atoms with Crippen LogP contribution in [0.1, 0.15) is 74.9 Å². The maximum absolute atomic E-state index is 10.9. The van der Waals surface area contributed by atoms with Crippen LogP contribution in [-0.2, 0) is 17.3 Å². The number of benzene rings is 3. The minimum absolute atomic E-state index is 0.114. The van der Waals surface area contributed by atoms with Crippen LogP contribution in [0.3, 0.4) is 0 Å². The molecule has 0 spiro atoms. The van der Waals surface area contributed by atoms with E-state index in [2.05, 4.69) is 89.8 Å². The fraction of sp³-hybridized carbons (Fsp3) is 0.310. The normalized spacial score (nSPS) is 11.7. The molecule has 0 heterocycles. The highest BCUT2D eigenvalue weighted by Crippen LogP contribution is 2.40. The second-order valence-electron chi connectivity index (χ2n) is 10.0. The zero-order valence-corrected chi connectivity index (χ0v) is 19.0. The summed E-state index contributed by atoms with van der Waals surface area (Å²) < 4.78 is 0. The van der Waals surface area contributed by atoms with Gasteiger partial charge in [-0.25, -0.2) is 0 Å². The van der Waals surface area contributed by atoms with Crippen LogP contribution in [0.5, 0.6) is 5.75 Å². The summed E-state index contributed by atoms with van der Waals surface area (Å²) in [4.78, 5) is 0. The molecule has 3 aromatic rings. The van der Waals surface area contributed by atoms with Crippen LogP contribution < -0.4 is 0 Å². The monoisotopic (exact) mass is 396 g/mol. The van der Waals surface area contributed by atoms with Crippen LogP contribution in [0.2, 0.25) is 0 Å². The predicted molar refractivity (Wildman–Crippen MR) is 127 cm³/mol. The Labute approximate surface area is 181 Å². The number of phenols is 1. The Hall–Kier alpha value is -2.98. The largest absolute Gasteiger partial charge is 0.507 e. The van der Waals surface area contributed by atoms with E-state index in [4.69, 9.17) is 0 Å². The first-order chi connectivity index (χ1) is 14.0. The molecule has 0 radical (unpaired) electrons. The molecule has 0 aliphatic carbocycles. The first-order valence-electron chi connectivity index (χ1n) is 10.6. The maximum Gasteiger partial charge on any atom is 0.123 e. The van der Waals surface area contributed by atoms with Crippen molar-refractivity contribution in [2.24, 2.45) is 0 Å². The molecule has 30 heavy (non-hydrogen) atoms. The molecule has 0 bridgehead atoms. The minimum Gasteiger partial charge on any atom is -0.507 e. The van der Waals surface area contributed by atoms with Crippen molar-refractivity contribution in [2.45, 2.75) is 58.8 Å². The van der Waals surface area contributed by atoms with Crippen molar-refractivity contribution >= 4 is 0 Å². The quantitative estimate of drug-likeness (QED) is 0.463. The number of phenolic OH excluding ortho intramolecular Hbond substituents is 1. The lowest BCUT2D eigenvalue weighted by molar-refractivity contribution is 0.423. The standard InChI is InChI=1S/C29H32O/c1-28(2,3)25-19-24(20-26(27(25)30)29(4,5)6)18-23-16-14-22(15-17-23)13-12-21-10-8-7-9-11-21/h7-11,14-17,19-20,30H,18H2,1-6H3. The summed E-state index contributed by atoms with van der Waals surface area (Å²) in [6, 6.07) is 22.8. The fourth-order valence-corrected chi connectivity index (χ4v) is 3.55. The maximum atomic E-state index is 10.9. The summed E-state index contributed by atoms with van der Waals surface area (Å²) in [5.74, 6) is 6.88. The van der Waals surface area contributed by atoms with E-state index < -0.39 is 0 Å². The third kappa shape index (κ3) is 5.33. The zero-order valence-electron chi connectivity index (χ0n) is 19.0. The van der Waals surface area contributed by atoms with E-state index in [1.54, 1.807) is 0 Å². The Morgan fingerprint density at radius 1 is 0.633 bits per heavy atom. The van der Waals surface area contributed by atoms with Gasteiger partial charge >= 0.3 is 0 Å². The summed E-state index contributed by atoms with van der Waals surface area (Å²) >= 11 is 0.